The highest BCUT2D eigenvalue weighted by Crippen LogP contribution is 2.24. The van der Waals surface area contributed by atoms with E-state index in [0.29, 0.717) is 17.7 Å². The summed E-state index contributed by atoms with van der Waals surface area (Å²) in [5.74, 6) is 0.230. The van der Waals surface area contributed by atoms with Gasteiger partial charge in [0.15, 0.2) is 0 Å². The van der Waals surface area contributed by atoms with E-state index in [1.54, 1.807) is 24.3 Å². The molecule has 1 unspecified atom stereocenters. The molecule has 2 aromatic rings. The summed E-state index contributed by atoms with van der Waals surface area (Å²) in [6.07, 6.45) is 10.1. The van der Waals surface area contributed by atoms with Crippen LogP contribution >= 0.6 is 11.6 Å². The lowest BCUT2D eigenvalue weighted by Gasteiger charge is -2.13. The fourth-order valence-electron chi connectivity index (χ4n) is 3.53. The first kappa shape index (κ1) is 27.9. The first-order valence-electron chi connectivity index (χ1n) is 12.6. The van der Waals surface area contributed by atoms with Crippen LogP contribution in [0.3, 0.4) is 0 Å². The van der Waals surface area contributed by atoms with Gasteiger partial charge in [-0.3, -0.25) is 4.79 Å². The summed E-state index contributed by atoms with van der Waals surface area (Å²) in [6, 6.07) is 14.7. The van der Waals surface area contributed by atoms with Gasteiger partial charge in [-0.1, -0.05) is 90.0 Å². The van der Waals surface area contributed by atoms with Gasteiger partial charge in [0.05, 0.1) is 10.9 Å². The highest BCUT2D eigenvalue weighted by atomic mass is 35.5. The van der Waals surface area contributed by atoms with E-state index < -0.39 is 0 Å². The summed E-state index contributed by atoms with van der Waals surface area (Å²) >= 11 is 6.15. The molecule has 0 saturated heterocycles. The van der Waals surface area contributed by atoms with E-state index in [1.807, 2.05) is 38.1 Å². The molecule has 0 amide bonds. The Morgan fingerprint density at radius 2 is 1.32 bits per heavy atom. The summed E-state index contributed by atoms with van der Waals surface area (Å²) in [5.41, 5.74) is 2.43. The van der Waals surface area contributed by atoms with Gasteiger partial charge in [-0.2, -0.15) is 0 Å². The third-order valence-corrected chi connectivity index (χ3v) is 6.50. The maximum Gasteiger partial charge on any atom is 0.338 e. The van der Waals surface area contributed by atoms with Crippen molar-refractivity contribution in [2.45, 2.75) is 83.9 Å². The fourth-order valence-corrected chi connectivity index (χ4v) is 3.59. The summed E-state index contributed by atoms with van der Waals surface area (Å²) in [6.45, 7) is 6.40. The average Bonchev–Trinajstić information content (AvgIpc) is 2.84. The van der Waals surface area contributed by atoms with Gasteiger partial charge < -0.3 is 9.47 Å². The number of carbonyl (C=O) groups excluding carboxylic acids is 2. The zero-order valence-electron chi connectivity index (χ0n) is 20.9. The molecular formula is C29H39ClO4. The fraction of sp³-hybridized carbons (Fsp3) is 0.517. The van der Waals surface area contributed by atoms with E-state index in [0.717, 1.165) is 24.0 Å². The molecule has 1 atom stereocenters. The Balaban J connectivity index is 1.75. The zero-order chi connectivity index (χ0) is 24.8. The predicted molar refractivity (Wildman–Crippen MR) is 140 cm³/mol. The van der Waals surface area contributed by atoms with E-state index in [-0.39, 0.29) is 29.8 Å². The molecule has 0 saturated carbocycles. The van der Waals surface area contributed by atoms with Gasteiger partial charge in [-0.25, -0.2) is 4.79 Å². The van der Waals surface area contributed by atoms with Crippen molar-refractivity contribution in [1.29, 1.82) is 0 Å². The van der Waals surface area contributed by atoms with Crippen LogP contribution in [0, 0.1) is 5.92 Å². The molecule has 2 aromatic carbocycles. The topological polar surface area (TPSA) is 52.6 Å². The van der Waals surface area contributed by atoms with Crippen molar-refractivity contribution in [3.8, 4) is 16.9 Å². The quantitative estimate of drug-likeness (QED) is 0.110. The van der Waals surface area contributed by atoms with Crippen LogP contribution in [-0.4, -0.2) is 23.9 Å². The Hall–Kier alpha value is -2.33. The average molecular weight is 487 g/mol. The molecule has 4 nitrogen and oxygen atoms in total. The Bertz CT molecular complexity index is 859. The lowest BCUT2D eigenvalue weighted by atomic mass is 10.0. The predicted octanol–water partition coefficient (Wildman–Crippen LogP) is 8.21. The summed E-state index contributed by atoms with van der Waals surface area (Å²) in [7, 11) is 0. The number of hydrogen-bond donors (Lipinski definition) is 0. The molecule has 0 aliphatic rings. The van der Waals surface area contributed by atoms with Crippen LogP contribution in [-0.2, 0) is 9.53 Å². The number of rotatable bonds is 15. The van der Waals surface area contributed by atoms with Crippen molar-refractivity contribution in [1.82, 2.24) is 0 Å². The molecular weight excluding hydrogens is 448 g/mol. The Morgan fingerprint density at radius 1 is 0.794 bits per heavy atom. The summed E-state index contributed by atoms with van der Waals surface area (Å²) in [5, 5.41) is -0.198. The number of ether oxygens (including phenoxy) is 2. The maximum absolute atomic E-state index is 12.2. The van der Waals surface area contributed by atoms with Crippen LogP contribution < -0.4 is 4.74 Å². The minimum Gasteiger partial charge on any atom is -0.461 e. The van der Waals surface area contributed by atoms with Gasteiger partial charge in [0.25, 0.3) is 0 Å². The first-order chi connectivity index (χ1) is 16.4. The van der Waals surface area contributed by atoms with Crippen molar-refractivity contribution in [2.75, 3.05) is 6.61 Å². The number of hydrogen-bond acceptors (Lipinski definition) is 4. The second-order valence-electron chi connectivity index (χ2n) is 9.16. The molecule has 0 aliphatic carbocycles. The van der Waals surface area contributed by atoms with E-state index in [9.17, 15) is 9.59 Å². The lowest BCUT2D eigenvalue weighted by Crippen LogP contribution is -2.18. The highest BCUT2D eigenvalue weighted by molar-refractivity contribution is 6.21. The molecule has 0 spiro atoms. The van der Waals surface area contributed by atoms with E-state index in [4.69, 9.17) is 21.1 Å². The van der Waals surface area contributed by atoms with Crippen LogP contribution in [0.25, 0.3) is 11.1 Å². The van der Waals surface area contributed by atoms with E-state index >= 15 is 0 Å². The molecule has 0 heterocycles. The minimum absolute atomic E-state index is 0.182. The zero-order valence-corrected chi connectivity index (χ0v) is 21.6. The number of halogens is 1. The third-order valence-electron chi connectivity index (χ3n) is 5.87. The Labute approximate surface area is 210 Å². The molecule has 34 heavy (non-hydrogen) atoms. The number of benzene rings is 2. The van der Waals surface area contributed by atoms with Gasteiger partial charge in [-0.05, 0) is 47.7 Å². The van der Waals surface area contributed by atoms with E-state index in [2.05, 4.69) is 6.92 Å². The van der Waals surface area contributed by atoms with Crippen molar-refractivity contribution in [2.24, 2.45) is 5.92 Å². The first-order valence-corrected chi connectivity index (χ1v) is 13.1. The Kier molecular flexibility index (Phi) is 12.8. The largest absolute Gasteiger partial charge is 0.461 e. The second kappa shape index (κ2) is 15.5. The lowest BCUT2D eigenvalue weighted by molar-refractivity contribution is -0.134. The van der Waals surface area contributed by atoms with Crippen molar-refractivity contribution in [3.63, 3.8) is 0 Å². The molecule has 0 aromatic heterocycles. The number of alkyl halides is 1. The van der Waals surface area contributed by atoms with Crippen LogP contribution in [0.2, 0.25) is 0 Å². The van der Waals surface area contributed by atoms with Gasteiger partial charge in [0.2, 0.25) is 0 Å². The molecule has 0 aliphatic heterocycles. The smallest absolute Gasteiger partial charge is 0.338 e. The van der Waals surface area contributed by atoms with Crippen molar-refractivity contribution >= 4 is 23.5 Å². The van der Waals surface area contributed by atoms with Crippen molar-refractivity contribution < 1.29 is 19.1 Å². The van der Waals surface area contributed by atoms with Gasteiger partial charge in [0, 0.05) is 6.42 Å². The minimum atomic E-state index is -0.378. The molecule has 0 radical (unpaired) electrons. The molecule has 0 fully saturated rings. The standard InChI is InChI=1S/C29H39ClO4/c1-4-5-6-7-8-9-10-11-12-28(31)34-26-19-17-24(18-20-26)23-13-15-25(16-14-23)29(32)33-21-27(30)22(2)3/h13-20,22,27H,4-12,21H2,1-3H3. The molecule has 0 bridgehead atoms. The molecule has 5 heteroatoms. The van der Waals surface area contributed by atoms with Crippen LogP contribution in [0.4, 0.5) is 0 Å². The second-order valence-corrected chi connectivity index (χ2v) is 9.72. The van der Waals surface area contributed by atoms with Gasteiger partial charge in [0.1, 0.15) is 12.4 Å². The summed E-state index contributed by atoms with van der Waals surface area (Å²) < 4.78 is 10.8. The van der Waals surface area contributed by atoms with Crippen LogP contribution in [0.5, 0.6) is 5.75 Å². The molecule has 186 valence electrons. The third kappa shape index (κ3) is 10.3. The molecule has 0 N–H and O–H groups in total. The van der Waals surface area contributed by atoms with Gasteiger partial charge >= 0.3 is 11.9 Å². The van der Waals surface area contributed by atoms with E-state index in [1.165, 1.54) is 38.5 Å². The Morgan fingerprint density at radius 3 is 1.88 bits per heavy atom. The SMILES string of the molecule is CCCCCCCCCCC(=O)Oc1ccc(-c2ccc(C(=O)OCC(Cl)C(C)C)cc2)cc1. The summed E-state index contributed by atoms with van der Waals surface area (Å²) in [4.78, 5) is 24.3. The monoisotopic (exact) mass is 486 g/mol. The normalized spacial score (nSPS) is 11.9. The number of carbonyl (C=O) groups is 2. The van der Waals surface area contributed by atoms with Gasteiger partial charge in [-0.15, -0.1) is 11.6 Å². The maximum atomic E-state index is 12.2. The number of unbranched alkanes of at least 4 members (excludes halogenated alkanes) is 7. The highest BCUT2D eigenvalue weighted by Gasteiger charge is 2.14. The van der Waals surface area contributed by atoms with Crippen LogP contribution in [0.1, 0.15) is 88.9 Å². The molecule has 2 rings (SSSR count). The number of esters is 2. The van der Waals surface area contributed by atoms with Crippen LogP contribution in [0.15, 0.2) is 48.5 Å². The van der Waals surface area contributed by atoms with Crippen molar-refractivity contribution in [3.05, 3.63) is 54.1 Å².